The molecule has 0 bridgehead atoms. The van der Waals surface area contributed by atoms with Gasteiger partial charge in [-0.1, -0.05) is 18.2 Å². The number of ether oxygens (including phenoxy) is 2. The molecule has 0 saturated carbocycles. The van der Waals surface area contributed by atoms with E-state index in [1.54, 1.807) is 0 Å². The van der Waals surface area contributed by atoms with Crippen LogP contribution in [0.3, 0.4) is 0 Å². The first kappa shape index (κ1) is 15.5. The lowest BCUT2D eigenvalue weighted by Gasteiger charge is -2.08. The van der Waals surface area contributed by atoms with Crippen molar-refractivity contribution in [2.24, 2.45) is 0 Å². The Bertz CT molecular complexity index is 602. The highest BCUT2D eigenvalue weighted by molar-refractivity contribution is 9.10. The van der Waals surface area contributed by atoms with Crippen LogP contribution in [0.5, 0.6) is 5.75 Å². The SMILES string of the molecule is O=C(OCCCOc1ccccc1)c1cc(F)ccc1Br. The summed E-state index contributed by atoms with van der Waals surface area (Å²) in [5, 5.41) is 0. The van der Waals surface area contributed by atoms with Gasteiger partial charge in [-0.15, -0.1) is 0 Å². The minimum atomic E-state index is -0.555. The summed E-state index contributed by atoms with van der Waals surface area (Å²) in [6, 6.07) is 13.3. The predicted octanol–water partition coefficient (Wildman–Crippen LogP) is 4.21. The van der Waals surface area contributed by atoms with Gasteiger partial charge in [-0.3, -0.25) is 0 Å². The third-order valence-corrected chi connectivity index (χ3v) is 3.37. The molecule has 3 nitrogen and oxygen atoms in total. The number of benzene rings is 2. The van der Waals surface area contributed by atoms with Crippen LogP contribution >= 0.6 is 15.9 Å². The molecular weight excluding hydrogens is 339 g/mol. The second kappa shape index (κ2) is 7.78. The van der Waals surface area contributed by atoms with Gasteiger partial charge in [-0.05, 0) is 46.3 Å². The lowest BCUT2D eigenvalue weighted by Crippen LogP contribution is -2.10. The normalized spacial score (nSPS) is 10.2. The smallest absolute Gasteiger partial charge is 0.339 e. The van der Waals surface area contributed by atoms with Crippen LogP contribution in [0.15, 0.2) is 53.0 Å². The molecule has 0 spiro atoms. The lowest BCUT2D eigenvalue weighted by molar-refractivity contribution is 0.0484. The third-order valence-electron chi connectivity index (χ3n) is 2.68. The van der Waals surface area contributed by atoms with Gasteiger partial charge in [0.1, 0.15) is 11.6 Å². The second-order valence-electron chi connectivity index (χ2n) is 4.28. The molecular formula is C16H14BrFO3. The van der Waals surface area contributed by atoms with Gasteiger partial charge < -0.3 is 9.47 Å². The minimum absolute atomic E-state index is 0.180. The molecule has 0 unspecified atom stereocenters. The van der Waals surface area contributed by atoms with Crippen molar-refractivity contribution < 1.29 is 18.7 Å². The first-order valence-electron chi connectivity index (χ1n) is 6.47. The summed E-state index contributed by atoms with van der Waals surface area (Å²) in [6.07, 6.45) is 0.563. The number of hydrogen-bond acceptors (Lipinski definition) is 3. The number of rotatable bonds is 6. The van der Waals surface area contributed by atoms with Crippen molar-refractivity contribution in [3.63, 3.8) is 0 Å². The Hall–Kier alpha value is -1.88. The average molecular weight is 353 g/mol. The fourth-order valence-electron chi connectivity index (χ4n) is 1.66. The maximum Gasteiger partial charge on any atom is 0.339 e. The van der Waals surface area contributed by atoms with E-state index in [9.17, 15) is 9.18 Å². The van der Waals surface area contributed by atoms with E-state index >= 15 is 0 Å². The van der Waals surface area contributed by atoms with Crippen LogP contribution in [0.2, 0.25) is 0 Å². The number of para-hydroxylation sites is 1. The van der Waals surface area contributed by atoms with Crippen LogP contribution in [0, 0.1) is 5.82 Å². The van der Waals surface area contributed by atoms with Crippen LogP contribution in [0.4, 0.5) is 4.39 Å². The zero-order chi connectivity index (χ0) is 15.1. The Kier molecular flexibility index (Phi) is 5.75. The van der Waals surface area contributed by atoms with Crippen LogP contribution in [-0.2, 0) is 4.74 Å². The maximum atomic E-state index is 13.1. The zero-order valence-corrected chi connectivity index (χ0v) is 12.8. The number of esters is 1. The molecule has 2 rings (SSSR count). The highest BCUT2D eigenvalue weighted by Gasteiger charge is 2.12. The van der Waals surface area contributed by atoms with E-state index in [0.29, 0.717) is 17.5 Å². The Morgan fingerprint density at radius 3 is 2.62 bits per heavy atom. The first-order chi connectivity index (χ1) is 10.2. The Morgan fingerprint density at radius 1 is 1.10 bits per heavy atom. The average Bonchev–Trinajstić information content (AvgIpc) is 2.50. The zero-order valence-electron chi connectivity index (χ0n) is 11.2. The molecule has 2 aromatic rings. The van der Waals surface area contributed by atoms with Gasteiger partial charge >= 0.3 is 5.97 Å². The van der Waals surface area contributed by atoms with Gasteiger partial charge in [0.15, 0.2) is 0 Å². The van der Waals surface area contributed by atoms with Crippen molar-refractivity contribution in [1.29, 1.82) is 0 Å². The Morgan fingerprint density at radius 2 is 1.86 bits per heavy atom. The summed E-state index contributed by atoms with van der Waals surface area (Å²) in [5.74, 6) is -0.254. The van der Waals surface area contributed by atoms with Crippen molar-refractivity contribution >= 4 is 21.9 Å². The van der Waals surface area contributed by atoms with Crippen LogP contribution in [0.1, 0.15) is 16.8 Å². The molecule has 0 heterocycles. The molecule has 0 fully saturated rings. The summed E-state index contributed by atoms with van der Waals surface area (Å²) in [4.78, 5) is 11.8. The quantitative estimate of drug-likeness (QED) is 0.576. The van der Waals surface area contributed by atoms with Crippen molar-refractivity contribution in [2.75, 3.05) is 13.2 Å². The van der Waals surface area contributed by atoms with Gasteiger partial charge in [0.25, 0.3) is 0 Å². The Labute approximate surface area is 130 Å². The molecule has 0 amide bonds. The molecule has 110 valence electrons. The summed E-state index contributed by atoms with van der Waals surface area (Å²) < 4.78 is 24.2. The van der Waals surface area contributed by atoms with E-state index in [1.165, 1.54) is 12.1 Å². The number of carbonyl (C=O) groups excluding carboxylic acids is 1. The molecule has 2 aromatic carbocycles. The largest absolute Gasteiger partial charge is 0.493 e. The molecule has 5 heteroatoms. The highest BCUT2D eigenvalue weighted by atomic mass is 79.9. The molecule has 0 saturated heterocycles. The lowest BCUT2D eigenvalue weighted by atomic mass is 10.2. The van der Waals surface area contributed by atoms with Gasteiger partial charge in [0.05, 0.1) is 18.8 Å². The standard InChI is InChI=1S/C16H14BrFO3/c17-15-8-7-12(18)11-14(15)16(19)21-10-4-9-20-13-5-2-1-3-6-13/h1-3,5-8,11H,4,9-10H2. The maximum absolute atomic E-state index is 13.1. The minimum Gasteiger partial charge on any atom is -0.493 e. The molecule has 0 atom stereocenters. The van der Waals surface area contributed by atoms with Crippen molar-refractivity contribution in [3.05, 3.63) is 64.4 Å². The molecule has 0 aromatic heterocycles. The van der Waals surface area contributed by atoms with Crippen molar-refractivity contribution in [3.8, 4) is 5.75 Å². The number of halogens is 2. The topological polar surface area (TPSA) is 35.5 Å². The fourth-order valence-corrected chi connectivity index (χ4v) is 2.07. The van der Waals surface area contributed by atoms with E-state index in [0.717, 1.165) is 11.8 Å². The van der Waals surface area contributed by atoms with Gasteiger partial charge in [0, 0.05) is 10.9 Å². The van der Waals surface area contributed by atoms with Gasteiger partial charge in [0.2, 0.25) is 0 Å². The Balaban J connectivity index is 1.73. The molecule has 0 radical (unpaired) electrons. The number of hydrogen-bond donors (Lipinski definition) is 0. The van der Waals surface area contributed by atoms with Gasteiger partial charge in [-0.2, -0.15) is 0 Å². The van der Waals surface area contributed by atoms with Gasteiger partial charge in [-0.25, -0.2) is 9.18 Å². The summed E-state index contributed by atoms with van der Waals surface area (Å²) >= 11 is 3.19. The summed E-state index contributed by atoms with van der Waals surface area (Å²) in [6.45, 7) is 0.663. The molecule has 21 heavy (non-hydrogen) atoms. The summed E-state index contributed by atoms with van der Waals surface area (Å²) in [5.41, 5.74) is 0.180. The van der Waals surface area contributed by atoms with Crippen LogP contribution in [-0.4, -0.2) is 19.2 Å². The third kappa shape index (κ3) is 4.86. The van der Waals surface area contributed by atoms with Crippen molar-refractivity contribution in [2.45, 2.75) is 6.42 Å². The summed E-state index contributed by atoms with van der Waals surface area (Å²) in [7, 11) is 0. The van der Waals surface area contributed by atoms with Crippen LogP contribution in [0.25, 0.3) is 0 Å². The van der Waals surface area contributed by atoms with E-state index in [4.69, 9.17) is 9.47 Å². The fraction of sp³-hybridized carbons (Fsp3) is 0.188. The molecule has 0 aliphatic heterocycles. The first-order valence-corrected chi connectivity index (χ1v) is 7.26. The molecule has 0 N–H and O–H groups in total. The van der Waals surface area contributed by atoms with Crippen molar-refractivity contribution in [1.82, 2.24) is 0 Å². The predicted molar refractivity (Wildman–Crippen MR) is 80.9 cm³/mol. The molecule has 0 aliphatic rings. The van der Waals surface area contributed by atoms with E-state index < -0.39 is 11.8 Å². The molecule has 0 aliphatic carbocycles. The van der Waals surface area contributed by atoms with E-state index in [2.05, 4.69) is 15.9 Å². The highest BCUT2D eigenvalue weighted by Crippen LogP contribution is 2.18. The second-order valence-corrected chi connectivity index (χ2v) is 5.13. The van der Waals surface area contributed by atoms with E-state index in [1.807, 2.05) is 30.3 Å². The number of carbonyl (C=O) groups is 1. The van der Waals surface area contributed by atoms with Crippen LogP contribution < -0.4 is 4.74 Å². The monoisotopic (exact) mass is 352 g/mol. The van der Waals surface area contributed by atoms with E-state index in [-0.39, 0.29) is 12.2 Å².